The quantitative estimate of drug-likeness (QED) is 0.827. The monoisotopic (exact) mass is 222 g/mol. The third kappa shape index (κ3) is 1.64. The maximum absolute atomic E-state index is 6.00. The van der Waals surface area contributed by atoms with Crippen LogP contribution in [0.2, 0.25) is 5.02 Å². The summed E-state index contributed by atoms with van der Waals surface area (Å²) in [5.41, 5.74) is 3.85. The minimum absolute atomic E-state index is 0.791. The first-order valence-corrected chi connectivity index (χ1v) is 5.41. The van der Waals surface area contributed by atoms with E-state index in [1.807, 2.05) is 19.2 Å². The lowest BCUT2D eigenvalue weighted by Crippen LogP contribution is -2.10. The molecule has 1 N–H and O–H groups in total. The van der Waals surface area contributed by atoms with Gasteiger partial charge in [0, 0.05) is 35.2 Å². The Bertz CT molecular complexity index is 500. The fraction of sp³-hybridized carbons (Fsp3) is 0.333. The van der Waals surface area contributed by atoms with Crippen molar-refractivity contribution >= 4 is 22.5 Å². The Morgan fingerprint density at radius 3 is 2.80 bits per heavy atom. The summed E-state index contributed by atoms with van der Waals surface area (Å²) in [5, 5.41) is 5.26. The Balaban J connectivity index is 2.73. The fourth-order valence-electron chi connectivity index (χ4n) is 2.07. The van der Waals surface area contributed by atoms with Crippen LogP contribution in [-0.2, 0) is 13.6 Å². The molecule has 3 heteroatoms. The first-order valence-electron chi connectivity index (χ1n) is 5.03. The Hall–Kier alpha value is -0.990. The molecule has 15 heavy (non-hydrogen) atoms. The van der Waals surface area contributed by atoms with E-state index in [2.05, 4.69) is 29.9 Å². The van der Waals surface area contributed by atoms with Gasteiger partial charge in [0.2, 0.25) is 0 Å². The molecule has 0 radical (unpaired) electrons. The fourth-order valence-corrected chi connectivity index (χ4v) is 2.24. The second-order valence-corrected chi connectivity index (χ2v) is 4.26. The van der Waals surface area contributed by atoms with E-state index < -0.39 is 0 Å². The molecule has 0 bridgehead atoms. The minimum atomic E-state index is 0.791. The van der Waals surface area contributed by atoms with Gasteiger partial charge in [0.25, 0.3) is 0 Å². The first kappa shape index (κ1) is 10.5. The molecule has 0 aliphatic heterocycles. The summed E-state index contributed by atoms with van der Waals surface area (Å²) in [4.78, 5) is 0. The predicted octanol–water partition coefficient (Wildman–Crippen LogP) is 2.86. The zero-order valence-electron chi connectivity index (χ0n) is 9.26. The zero-order valence-corrected chi connectivity index (χ0v) is 10.0. The van der Waals surface area contributed by atoms with Crippen LogP contribution in [-0.4, -0.2) is 11.6 Å². The lowest BCUT2D eigenvalue weighted by atomic mass is 10.1. The number of halogens is 1. The van der Waals surface area contributed by atoms with E-state index in [9.17, 15) is 0 Å². The van der Waals surface area contributed by atoms with Crippen molar-refractivity contribution < 1.29 is 0 Å². The van der Waals surface area contributed by atoms with Gasteiger partial charge in [-0.2, -0.15) is 0 Å². The molecule has 0 saturated carbocycles. The Kier molecular flexibility index (Phi) is 2.72. The summed E-state index contributed by atoms with van der Waals surface area (Å²) in [7, 11) is 4.04. The van der Waals surface area contributed by atoms with Gasteiger partial charge >= 0.3 is 0 Å². The molecule has 80 valence electrons. The van der Waals surface area contributed by atoms with Crippen LogP contribution in [0.5, 0.6) is 0 Å². The molecular weight excluding hydrogens is 208 g/mol. The maximum atomic E-state index is 6.00. The molecule has 0 spiro atoms. The summed E-state index contributed by atoms with van der Waals surface area (Å²) in [6, 6.07) is 6.05. The highest BCUT2D eigenvalue weighted by atomic mass is 35.5. The second kappa shape index (κ2) is 3.87. The highest BCUT2D eigenvalue weighted by molar-refractivity contribution is 6.31. The summed E-state index contributed by atoms with van der Waals surface area (Å²) in [6.45, 7) is 3.04. The van der Waals surface area contributed by atoms with Crippen molar-refractivity contribution in [1.29, 1.82) is 0 Å². The van der Waals surface area contributed by atoms with Crippen molar-refractivity contribution in [2.24, 2.45) is 7.05 Å². The molecule has 2 rings (SSSR count). The van der Waals surface area contributed by atoms with Gasteiger partial charge in [0.05, 0.1) is 0 Å². The summed E-state index contributed by atoms with van der Waals surface area (Å²) < 4.78 is 2.20. The van der Waals surface area contributed by atoms with E-state index in [1.165, 1.54) is 22.2 Å². The van der Waals surface area contributed by atoms with Crippen LogP contribution in [0.15, 0.2) is 18.2 Å². The molecule has 1 aromatic carbocycles. The molecule has 2 aromatic rings. The van der Waals surface area contributed by atoms with Gasteiger partial charge in [-0.15, -0.1) is 0 Å². The van der Waals surface area contributed by atoms with Gasteiger partial charge in [-0.3, -0.25) is 0 Å². The molecule has 0 aliphatic carbocycles. The number of nitrogens with one attached hydrogen (secondary N) is 1. The average molecular weight is 223 g/mol. The number of benzene rings is 1. The van der Waals surface area contributed by atoms with Gasteiger partial charge in [-0.25, -0.2) is 0 Å². The molecule has 2 nitrogen and oxygen atoms in total. The maximum Gasteiger partial charge on any atom is 0.0498 e. The van der Waals surface area contributed by atoms with E-state index in [4.69, 9.17) is 11.6 Å². The number of nitrogens with zero attached hydrogens (tertiary/aromatic N) is 1. The summed E-state index contributed by atoms with van der Waals surface area (Å²) >= 11 is 6.00. The predicted molar refractivity (Wildman–Crippen MR) is 65.4 cm³/mol. The van der Waals surface area contributed by atoms with E-state index >= 15 is 0 Å². The van der Waals surface area contributed by atoms with E-state index in [0.717, 1.165) is 11.6 Å². The van der Waals surface area contributed by atoms with Crippen LogP contribution in [0, 0.1) is 6.92 Å². The van der Waals surface area contributed by atoms with E-state index in [-0.39, 0.29) is 0 Å². The van der Waals surface area contributed by atoms with E-state index in [0.29, 0.717) is 0 Å². The van der Waals surface area contributed by atoms with Crippen LogP contribution in [0.4, 0.5) is 0 Å². The molecular formula is C12H15ClN2. The van der Waals surface area contributed by atoms with Crippen LogP contribution in [0.25, 0.3) is 10.9 Å². The largest absolute Gasteiger partial charge is 0.346 e. The molecule has 0 atom stereocenters. The first-order chi connectivity index (χ1) is 7.15. The smallest absolute Gasteiger partial charge is 0.0498 e. The molecule has 0 aliphatic rings. The summed E-state index contributed by atoms with van der Waals surface area (Å²) in [6.07, 6.45) is 0. The number of hydrogen-bond donors (Lipinski definition) is 1. The third-order valence-corrected chi connectivity index (χ3v) is 3.14. The van der Waals surface area contributed by atoms with Gasteiger partial charge in [-0.1, -0.05) is 17.7 Å². The van der Waals surface area contributed by atoms with Crippen molar-refractivity contribution in [1.82, 2.24) is 9.88 Å². The standard InChI is InChI=1S/C12H15ClN2/c1-8-10-5-4-9(13)6-11(10)15(3)12(8)7-14-2/h4-6,14H,7H2,1-3H3. The molecule has 0 fully saturated rings. The third-order valence-electron chi connectivity index (χ3n) is 2.91. The Morgan fingerprint density at radius 2 is 2.13 bits per heavy atom. The second-order valence-electron chi connectivity index (χ2n) is 3.82. The molecule has 0 amide bonds. The normalized spacial score (nSPS) is 11.2. The lowest BCUT2D eigenvalue weighted by molar-refractivity contribution is 0.739. The number of fused-ring (bicyclic) bond motifs is 1. The number of aromatic nitrogens is 1. The highest BCUT2D eigenvalue weighted by Crippen LogP contribution is 2.26. The van der Waals surface area contributed by atoms with Crippen LogP contribution in [0.3, 0.4) is 0 Å². The lowest BCUT2D eigenvalue weighted by Gasteiger charge is -2.04. The minimum Gasteiger partial charge on any atom is -0.346 e. The number of aryl methyl sites for hydroxylation is 2. The van der Waals surface area contributed by atoms with Crippen molar-refractivity contribution in [2.45, 2.75) is 13.5 Å². The van der Waals surface area contributed by atoms with Crippen molar-refractivity contribution in [3.63, 3.8) is 0 Å². The van der Waals surface area contributed by atoms with E-state index in [1.54, 1.807) is 0 Å². The Labute approximate surface area is 94.8 Å². The van der Waals surface area contributed by atoms with Crippen molar-refractivity contribution in [3.8, 4) is 0 Å². The van der Waals surface area contributed by atoms with Gasteiger partial charge in [-0.05, 0) is 31.7 Å². The van der Waals surface area contributed by atoms with Crippen molar-refractivity contribution in [3.05, 3.63) is 34.5 Å². The molecule has 0 saturated heterocycles. The molecule has 0 unspecified atom stereocenters. The summed E-state index contributed by atoms with van der Waals surface area (Å²) in [5.74, 6) is 0. The van der Waals surface area contributed by atoms with Crippen LogP contribution >= 0.6 is 11.6 Å². The van der Waals surface area contributed by atoms with Gasteiger partial charge in [0.1, 0.15) is 0 Å². The molecule has 1 aromatic heterocycles. The topological polar surface area (TPSA) is 17.0 Å². The van der Waals surface area contributed by atoms with Gasteiger partial charge in [0.15, 0.2) is 0 Å². The number of rotatable bonds is 2. The van der Waals surface area contributed by atoms with Gasteiger partial charge < -0.3 is 9.88 Å². The average Bonchev–Trinajstić information content (AvgIpc) is 2.44. The van der Waals surface area contributed by atoms with Crippen LogP contribution in [0.1, 0.15) is 11.3 Å². The zero-order chi connectivity index (χ0) is 11.0. The number of hydrogen-bond acceptors (Lipinski definition) is 1. The van der Waals surface area contributed by atoms with Crippen LogP contribution < -0.4 is 5.32 Å². The highest BCUT2D eigenvalue weighted by Gasteiger charge is 2.10. The molecule has 1 heterocycles. The van der Waals surface area contributed by atoms with Crippen molar-refractivity contribution in [2.75, 3.05) is 7.05 Å². The SMILES string of the molecule is CNCc1c(C)c2ccc(Cl)cc2n1C. The Morgan fingerprint density at radius 1 is 1.40 bits per heavy atom.